The first-order chi connectivity index (χ1) is 16.0. The average molecular weight is 444 g/mol. The van der Waals surface area contributed by atoms with Crippen LogP contribution in [0.25, 0.3) is 5.65 Å². The van der Waals surface area contributed by atoms with E-state index in [0.717, 1.165) is 28.4 Å². The normalized spacial score (nSPS) is 12.5. The summed E-state index contributed by atoms with van der Waals surface area (Å²) in [4.78, 5) is 19.1. The Kier molecular flexibility index (Phi) is 5.60. The Bertz CT molecular complexity index is 1300. The van der Waals surface area contributed by atoms with Crippen molar-refractivity contribution in [3.63, 3.8) is 0 Å². The molecule has 0 radical (unpaired) electrons. The predicted octanol–water partition coefficient (Wildman–Crippen LogP) is 4.27. The number of pyridine rings is 1. The number of rotatable bonds is 6. The number of hydrogen-bond donors (Lipinski definition) is 0. The summed E-state index contributed by atoms with van der Waals surface area (Å²) in [5.41, 5.74) is 4.50. The number of aromatic nitrogens is 2. The van der Waals surface area contributed by atoms with Gasteiger partial charge in [0.15, 0.2) is 11.5 Å². The zero-order valence-electron chi connectivity index (χ0n) is 18.7. The highest BCUT2D eigenvalue weighted by Gasteiger charge is 2.16. The van der Waals surface area contributed by atoms with Gasteiger partial charge in [0.05, 0.1) is 5.69 Å². The molecule has 0 spiro atoms. The number of aryl methyl sites for hydroxylation is 1. The van der Waals surface area contributed by atoms with Crippen LogP contribution < -0.4 is 14.2 Å². The topological polar surface area (TPSA) is 65.3 Å². The fourth-order valence-corrected chi connectivity index (χ4v) is 3.83. The van der Waals surface area contributed by atoms with E-state index in [0.29, 0.717) is 37.7 Å². The molecular formula is C26H25N3O4. The van der Waals surface area contributed by atoms with Crippen LogP contribution in [0.3, 0.4) is 0 Å². The lowest BCUT2D eigenvalue weighted by Gasteiger charge is -2.21. The number of hydrogen-bond acceptors (Lipinski definition) is 5. The van der Waals surface area contributed by atoms with E-state index in [1.807, 2.05) is 66.2 Å². The summed E-state index contributed by atoms with van der Waals surface area (Å²) in [6.07, 6.45) is 4.00. The van der Waals surface area contributed by atoms with Crippen LogP contribution in [0.15, 0.2) is 67.0 Å². The molecule has 1 aliphatic heterocycles. The minimum Gasteiger partial charge on any atom is -0.487 e. The summed E-state index contributed by atoms with van der Waals surface area (Å²) in [6.45, 7) is 3.98. The van der Waals surface area contributed by atoms with Crippen LogP contribution in [0.5, 0.6) is 17.2 Å². The minimum atomic E-state index is -0.0628. The third kappa shape index (κ3) is 4.62. The van der Waals surface area contributed by atoms with Crippen molar-refractivity contribution < 1.29 is 19.0 Å². The Hall–Kier alpha value is -4.00. The average Bonchev–Trinajstić information content (AvgIpc) is 3.24. The first-order valence-electron chi connectivity index (χ1n) is 10.9. The summed E-state index contributed by atoms with van der Waals surface area (Å²) in [5.74, 6) is 2.09. The van der Waals surface area contributed by atoms with Gasteiger partial charge >= 0.3 is 0 Å². The van der Waals surface area contributed by atoms with Crippen LogP contribution in [0.4, 0.5) is 0 Å². The molecule has 3 heterocycles. The highest BCUT2D eigenvalue weighted by atomic mass is 16.6. The summed E-state index contributed by atoms with van der Waals surface area (Å²) < 4.78 is 19.1. The maximum absolute atomic E-state index is 12.9. The Morgan fingerprint density at radius 3 is 2.64 bits per heavy atom. The summed E-state index contributed by atoms with van der Waals surface area (Å²) in [7, 11) is 1.79. The molecule has 168 valence electrons. The lowest BCUT2D eigenvalue weighted by atomic mass is 10.1. The van der Waals surface area contributed by atoms with Crippen molar-refractivity contribution >= 4 is 11.6 Å². The molecule has 0 unspecified atom stereocenters. The fraction of sp³-hybridized carbons (Fsp3) is 0.231. The molecule has 0 aliphatic carbocycles. The van der Waals surface area contributed by atoms with Gasteiger partial charge in [-0.25, -0.2) is 4.98 Å². The second-order valence-electron chi connectivity index (χ2n) is 8.16. The van der Waals surface area contributed by atoms with Crippen molar-refractivity contribution in [2.75, 3.05) is 20.3 Å². The number of carbonyl (C=O) groups is 1. The Morgan fingerprint density at radius 1 is 1.03 bits per heavy atom. The van der Waals surface area contributed by atoms with Gasteiger partial charge in [0, 0.05) is 31.5 Å². The van der Waals surface area contributed by atoms with Crippen LogP contribution in [0, 0.1) is 6.92 Å². The molecule has 0 N–H and O–H groups in total. The smallest absolute Gasteiger partial charge is 0.253 e. The number of carbonyl (C=O) groups excluding carboxylic acids is 1. The van der Waals surface area contributed by atoms with E-state index in [9.17, 15) is 4.79 Å². The van der Waals surface area contributed by atoms with Crippen molar-refractivity contribution in [2.24, 2.45) is 0 Å². The summed E-state index contributed by atoms with van der Waals surface area (Å²) in [5, 5.41) is 0. The summed E-state index contributed by atoms with van der Waals surface area (Å²) in [6, 6.07) is 17.0. The van der Waals surface area contributed by atoms with Crippen molar-refractivity contribution in [3.05, 3.63) is 89.4 Å². The van der Waals surface area contributed by atoms with Gasteiger partial charge in [-0.1, -0.05) is 12.1 Å². The first-order valence-corrected chi connectivity index (χ1v) is 10.9. The molecule has 4 aromatic rings. The van der Waals surface area contributed by atoms with E-state index >= 15 is 0 Å². The molecular weight excluding hydrogens is 418 g/mol. The quantitative estimate of drug-likeness (QED) is 0.445. The van der Waals surface area contributed by atoms with Crippen LogP contribution in [-0.2, 0) is 13.2 Å². The predicted molar refractivity (Wildman–Crippen MR) is 124 cm³/mol. The third-order valence-corrected chi connectivity index (χ3v) is 5.51. The molecule has 0 fully saturated rings. The van der Waals surface area contributed by atoms with Gasteiger partial charge in [0.25, 0.3) is 5.91 Å². The van der Waals surface area contributed by atoms with Gasteiger partial charge in [-0.05, 0) is 60.5 Å². The van der Waals surface area contributed by atoms with Gasteiger partial charge in [0.2, 0.25) is 0 Å². The van der Waals surface area contributed by atoms with Gasteiger partial charge in [-0.15, -0.1) is 0 Å². The number of benzene rings is 2. The number of amides is 1. The van der Waals surface area contributed by atoms with E-state index in [1.54, 1.807) is 24.1 Å². The Balaban J connectivity index is 1.19. The van der Waals surface area contributed by atoms with Crippen molar-refractivity contribution in [1.82, 2.24) is 14.3 Å². The van der Waals surface area contributed by atoms with Gasteiger partial charge < -0.3 is 23.5 Å². The molecule has 2 aromatic carbocycles. The Morgan fingerprint density at radius 2 is 1.82 bits per heavy atom. The van der Waals surface area contributed by atoms with E-state index in [4.69, 9.17) is 14.2 Å². The van der Waals surface area contributed by atoms with Crippen LogP contribution in [0.1, 0.15) is 27.2 Å². The second-order valence-corrected chi connectivity index (χ2v) is 8.16. The van der Waals surface area contributed by atoms with Crippen molar-refractivity contribution in [3.8, 4) is 17.2 Å². The molecule has 0 saturated heterocycles. The summed E-state index contributed by atoms with van der Waals surface area (Å²) >= 11 is 0. The number of nitrogens with zero attached hydrogens (tertiary/aromatic N) is 3. The first kappa shape index (κ1) is 20.9. The van der Waals surface area contributed by atoms with Gasteiger partial charge in [-0.2, -0.15) is 0 Å². The zero-order valence-corrected chi connectivity index (χ0v) is 18.7. The lowest BCUT2D eigenvalue weighted by molar-refractivity contribution is 0.0784. The molecule has 1 aliphatic rings. The molecule has 0 saturated carbocycles. The molecule has 7 heteroatoms. The van der Waals surface area contributed by atoms with Gasteiger partial charge in [0.1, 0.15) is 31.2 Å². The minimum absolute atomic E-state index is 0.0628. The molecule has 33 heavy (non-hydrogen) atoms. The molecule has 0 atom stereocenters. The molecule has 7 nitrogen and oxygen atoms in total. The highest BCUT2D eigenvalue weighted by Crippen LogP contribution is 2.31. The van der Waals surface area contributed by atoms with Gasteiger partial charge in [-0.3, -0.25) is 4.79 Å². The Labute approximate surface area is 192 Å². The SMILES string of the molecule is Cc1ccc2nc(COc3ccc(C(=O)N(C)Cc4ccc5c(c4)OCCO5)cc3)cn2c1. The highest BCUT2D eigenvalue weighted by molar-refractivity contribution is 5.94. The maximum atomic E-state index is 12.9. The molecule has 0 bridgehead atoms. The molecule has 2 aromatic heterocycles. The standard InChI is InChI=1S/C26H25N3O4/c1-18-3-10-25-27-21(16-29(25)14-18)17-33-22-7-5-20(6-8-22)26(30)28(2)15-19-4-9-23-24(13-19)32-12-11-31-23/h3-10,13-14,16H,11-12,15,17H2,1-2H3. The van der Waals surface area contributed by atoms with Crippen molar-refractivity contribution in [2.45, 2.75) is 20.1 Å². The van der Waals surface area contributed by atoms with Crippen LogP contribution in [-0.4, -0.2) is 40.5 Å². The molecule has 5 rings (SSSR count). The van der Waals surface area contributed by atoms with Crippen molar-refractivity contribution in [1.29, 1.82) is 0 Å². The number of fused-ring (bicyclic) bond motifs is 2. The van der Waals surface area contributed by atoms with E-state index in [-0.39, 0.29) is 5.91 Å². The van der Waals surface area contributed by atoms with E-state index < -0.39 is 0 Å². The monoisotopic (exact) mass is 443 g/mol. The third-order valence-electron chi connectivity index (χ3n) is 5.51. The van der Waals surface area contributed by atoms with Crippen LogP contribution >= 0.6 is 0 Å². The largest absolute Gasteiger partial charge is 0.487 e. The fourth-order valence-electron chi connectivity index (χ4n) is 3.83. The van der Waals surface area contributed by atoms with Crippen LogP contribution in [0.2, 0.25) is 0 Å². The zero-order chi connectivity index (χ0) is 22.8. The van der Waals surface area contributed by atoms with E-state index in [1.165, 1.54) is 5.56 Å². The maximum Gasteiger partial charge on any atom is 0.253 e. The number of imidazole rings is 1. The lowest BCUT2D eigenvalue weighted by Crippen LogP contribution is -2.26. The second kappa shape index (κ2) is 8.86. The number of ether oxygens (including phenoxy) is 3. The molecule has 1 amide bonds. The van der Waals surface area contributed by atoms with E-state index in [2.05, 4.69) is 4.98 Å².